The molecule has 1 N–H and O–H groups in total. The Labute approximate surface area is 117 Å². The highest BCUT2D eigenvalue weighted by Gasteiger charge is 2.28. The van der Waals surface area contributed by atoms with E-state index in [2.05, 4.69) is 5.32 Å². The summed E-state index contributed by atoms with van der Waals surface area (Å²) in [5, 5.41) is 3.21. The van der Waals surface area contributed by atoms with Crippen molar-refractivity contribution in [2.45, 2.75) is 13.0 Å². The lowest BCUT2D eigenvalue weighted by atomic mass is 10.1. The average molecular weight is 269 g/mol. The molecule has 2 aromatic carbocycles. The van der Waals surface area contributed by atoms with Gasteiger partial charge in [-0.2, -0.15) is 0 Å². The van der Waals surface area contributed by atoms with E-state index in [4.69, 9.17) is 9.47 Å². The number of aryl methyl sites for hydroxylation is 1. The molecule has 1 heterocycles. The molecule has 0 bridgehead atoms. The van der Waals surface area contributed by atoms with E-state index in [9.17, 15) is 4.79 Å². The minimum Gasteiger partial charge on any atom is -0.467 e. The molecule has 0 spiro atoms. The molecule has 0 aliphatic carbocycles. The number of hydrogen-bond acceptors (Lipinski definition) is 4. The second-order valence-electron chi connectivity index (χ2n) is 4.74. The van der Waals surface area contributed by atoms with Crippen molar-refractivity contribution in [2.75, 3.05) is 12.4 Å². The molecule has 0 saturated heterocycles. The fourth-order valence-electron chi connectivity index (χ4n) is 2.31. The summed E-state index contributed by atoms with van der Waals surface area (Å²) in [7, 11) is 1.38. The van der Waals surface area contributed by atoms with Crippen molar-refractivity contribution in [1.82, 2.24) is 0 Å². The molecule has 0 aromatic heterocycles. The fraction of sp³-hybridized carbons (Fsp3) is 0.188. The Hall–Kier alpha value is -2.49. The van der Waals surface area contributed by atoms with Crippen LogP contribution in [0.15, 0.2) is 42.5 Å². The molecule has 2 aromatic rings. The minimum atomic E-state index is -0.570. The van der Waals surface area contributed by atoms with Crippen molar-refractivity contribution in [3.8, 4) is 11.5 Å². The van der Waals surface area contributed by atoms with Gasteiger partial charge in [-0.3, -0.25) is 0 Å². The summed E-state index contributed by atoms with van der Waals surface area (Å²) in [6.07, 6.45) is 0. The summed E-state index contributed by atoms with van der Waals surface area (Å²) < 4.78 is 10.8. The molecule has 0 fully saturated rings. The van der Waals surface area contributed by atoms with Crippen molar-refractivity contribution in [2.24, 2.45) is 0 Å². The van der Waals surface area contributed by atoms with Crippen LogP contribution < -0.4 is 10.1 Å². The van der Waals surface area contributed by atoms with Crippen LogP contribution in [-0.2, 0) is 9.53 Å². The molecule has 0 radical (unpaired) electrons. The van der Waals surface area contributed by atoms with Crippen molar-refractivity contribution in [1.29, 1.82) is 0 Å². The number of anilines is 1. The molecule has 3 rings (SSSR count). The van der Waals surface area contributed by atoms with E-state index in [0.29, 0.717) is 11.5 Å². The maximum atomic E-state index is 12.0. The Bertz CT molecular complexity index is 667. The Morgan fingerprint density at radius 2 is 2.00 bits per heavy atom. The van der Waals surface area contributed by atoms with E-state index in [0.717, 1.165) is 16.8 Å². The number of ether oxygens (including phenoxy) is 2. The maximum Gasteiger partial charge on any atom is 0.333 e. The zero-order chi connectivity index (χ0) is 14.1. The fourth-order valence-corrected chi connectivity index (χ4v) is 2.31. The number of fused-ring (bicyclic) bond motifs is 2. The summed E-state index contributed by atoms with van der Waals surface area (Å²) in [6.45, 7) is 1.99. The van der Waals surface area contributed by atoms with Gasteiger partial charge in [0, 0.05) is 5.56 Å². The molecule has 0 amide bonds. The van der Waals surface area contributed by atoms with Crippen LogP contribution in [0.5, 0.6) is 11.5 Å². The Kier molecular flexibility index (Phi) is 3.06. The van der Waals surface area contributed by atoms with Crippen LogP contribution in [0.25, 0.3) is 0 Å². The second-order valence-corrected chi connectivity index (χ2v) is 4.74. The molecule has 1 unspecified atom stereocenters. The zero-order valence-corrected chi connectivity index (χ0v) is 11.3. The number of benzene rings is 2. The molecule has 4 heteroatoms. The van der Waals surface area contributed by atoms with Crippen LogP contribution in [0.3, 0.4) is 0 Å². The van der Waals surface area contributed by atoms with Crippen LogP contribution in [0.1, 0.15) is 17.2 Å². The lowest BCUT2D eigenvalue weighted by Gasteiger charge is -2.16. The van der Waals surface area contributed by atoms with Gasteiger partial charge < -0.3 is 14.8 Å². The highest BCUT2D eigenvalue weighted by atomic mass is 16.5. The predicted molar refractivity (Wildman–Crippen MR) is 76.1 cm³/mol. The van der Waals surface area contributed by atoms with Crippen molar-refractivity contribution < 1.29 is 14.3 Å². The van der Waals surface area contributed by atoms with E-state index < -0.39 is 6.04 Å². The average Bonchev–Trinajstić information content (AvgIpc) is 2.63. The van der Waals surface area contributed by atoms with Crippen LogP contribution in [0.2, 0.25) is 0 Å². The lowest BCUT2D eigenvalue weighted by molar-refractivity contribution is -0.141. The van der Waals surface area contributed by atoms with E-state index in [1.165, 1.54) is 7.11 Å². The number of hydrogen-bond donors (Lipinski definition) is 1. The first-order chi connectivity index (χ1) is 9.69. The zero-order valence-electron chi connectivity index (χ0n) is 11.3. The van der Waals surface area contributed by atoms with Gasteiger partial charge >= 0.3 is 5.97 Å². The Morgan fingerprint density at radius 3 is 2.80 bits per heavy atom. The van der Waals surface area contributed by atoms with Gasteiger partial charge in [-0.15, -0.1) is 0 Å². The molecule has 4 nitrogen and oxygen atoms in total. The number of para-hydroxylation sites is 1. The monoisotopic (exact) mass is 269 g/mol. The molecular formula is C16H15NO3. The summed E-state index contributed by atoms with van der Waals surface area (Å²) in [5.74, 6) is 1.03. The molecule has 1 aliphatic rings. The quantitative estimate of drug-likeness (QED) is 0.806. The topological polar surface area (TPSA) is 47.6 Å². The van der Waals surface area contributed by atoms with Gasteiger partial charge in [0.05, 0.1) is 12.8 Å². The standard InChI is InChI=1S/C16H15NO3/c1-10-7-8-14-12(9-10)17-15(16(18)19-2)11-5-3-4-6-13(11)20-14/h3-9,15,17H,1-2H3. The van der Waals surface area contributed by atoms with Gasteiger partial charge in [-0.1, -0.05) is 24.3 Å². The Morgan fingerprint density at radius 1 is 1.20 bits per heavy atom. The van der Waals surface area contributed by atoms with Gasteiger partial charge in [0.25, 0.3) is 0 Å². The first kappa shape index (κ1) is 12.5. The van der Waals surface area contributed by atoms with E-state index in [1.807, 2.05) is 49.4 Å². The highest BCUT2D eigenvalue weighted by Crippen LogP contribution is 2.40. The van der Waals surface area contributed by atoms with E-state index >= 15 is 0 Å². The van der Waals surface area contributed by atoms with Crippen LogP contribution in [-0.4, -0.2) is 13.1 Å². The van der Waals surface area contributed by atoms with Crippen LogP contribution in [0, 0.1) is 6.92 Å². The smallest absolute Gasteiger partial charge is 0.333 e. The minimum absolute atomic E-state index is 0.338. The maximum absolute atomic E-state index is 12.0. The number of methoxy groups -OCH3 is 1. The first-order valence-corrected chi connectivity index (χ1v) is 6.41. The Balaban J connectivity index is 2.14. The van der Waals surface area contributed by atoms with Gasteiger partial charge in [-0.05, 0) is 30.7 Å². The highest BCUT2D eigenvalue weighted by molar-refractivity contribution is 5.83. The van der Waals surface area contributed by atoms with Gasteiger partial charge in [0.2, 0.25) is 0 Å². The third kappa shape index (κ3) is 2.09. The van der Waals surface area contributed by atoms with Crippen LogP contribution >= 0.6 is 0 Å². The summed E-state index contributed by atoms with van der Waals surface area (Å²) in [6, 6.07) is 12.7. The number of carbonyl (C=O) groups is 1. The van der Waals surface area contributed by atoms with Gasteiger partial charge in [0.1, 0.15) is 5.75 Å². The van der Waals surface area contributed by atoms with E-state index in [1.54, 1.807) is 0 Å². The summed E-state index contributed by atoms with van der Waals surface area (Å²) >= 11 is 0. The summed E-state index contributed by atoms with van der Waals surface area (Å²) in [5.41, 5.74) is 2.65. The van der Waals surface area contributed by atoms with Crippen molar-refractivity contribution in [3.05, 3.63) is 53.6 Å². The lowest BCUT2D eigenvalue weighted by Crippen LogP contribution is -2.21. The van der Waals surface area contributed by atoms with Crippen LogP contribution in [0.4, 0.5) is 5.69 Å². The molecular weight excluding hydrogens is 254 g/mol. The largest absolute Gasteiger partial charge is 0.467 e. The number of carbonyl (C=O) groups excluding carboxylic acids is 1. The molecule has 20 heavy (non-hydrogen) atoms. The first-order valence-electron chi connectivity index (χ1n) is 6.41. The molecule has 1 atom stereocenters. The second kappa shape index (κ2) is 4.89. The van der Waals surface area contributed by atoms with Gasteiger partial charge in [-0.25, -0.2) is 4.79 Å². The third-order valence-electron chi connectivity index (χ3n) is 3.32. The third-order valence-corrected chi connectivity index (χ3v) is 3.32. The van der Waals surface area contributed by atoms with Crippen molar-refractivity contribution in [3.63, 3.8) is 0 Å². The molecule has 0 saturated carbocycles. The number of rotatable bonds is 1. The number of esters is 1. The SMILES string of the molecule is COC(=O)C1Nc2cc(C)ccc2Oc2ccccc21. The van der Waals surface area contributed by atoms with Crippen molar-refractivity contribution >= 4 is 11.7 Å². The number of nitrogens with one attached hydrogen (secondary N) is 1. The van der Waals surface area contributed by atoms with Gasteiger partial charge in [0.15, 0.2) is 11.8 Å². The normalized spacial score (nSPS) is 16.0. The molecule has 102 valence electrons. The van der Waals surface area contributed by atoms with E-state index in [-0.39, 0.29) is 5.97 Å². The summed E-state index contributed by atoms with van der Waals surface area (Å²) in [4.78, 5) is 12.0. The molecule has 1 aliphatic heterocycles. The predicted octanol–water partition coefficient (Wildman–Crippen LogP) is 3.43.